The first-order chi connectivity index (χ1) is 7.19. The quantitative estimate of drug-likeness (QED) is 0.422. The third-order valence-corrected chi connectivity index (χ3v) is 3.86. The van der Waals surface area contributed by atoms with E-state index in [1.165, 1.54) is 0 Å². The Balaban J connectivity index is 2.57. The standard InChI is InChI=1S/C10H21N3OS/c1-3-4-9(10(14)12-11)13-5-6-15-8(2)7-13/h8-9H,3-7,11H2,1-2H3,(H,12,14). The third kappa shape index (κ3) is 3.66. The molecule has 3 N–H and O–H groups in total. The second-order valence-corrected chi connectivity index (χ2v) is 5.54. The maximum atomic E-state index is 11.6. The summed E-state index contributed by atoms with van der Waals surface area (Å²) < 4.78 is 0. The number of thioether (sulfide) groups is 1. The molecule has 0 spiro atoms. The van der Waals surface area contributed by atoms with Crippen LogP contribution in [0.3, 0.4) is 0 Å². The average molecular weight is 231 g/mol. The number of carbonyl (C=O) groups excluding carboxylic acids is 1. The Morgan fingerprint density at radius 1 is 1.73 bits per heavy atom. The number of hydrogen-bond acceptors (Lipinski definition) is 4. The fourth-order valence-corrected chi connectivity index (χ4v) is 3.02. The van der Waals surface area contributed by atoms with Gasteiger partial charge >= 0.3 is 0 Å². The molecule has 2 atom stereocenters. The Morgan fingerprint density at radius 3 is 3.00 bits per heavy atom. The molecule has 0 bridgehead atoms. The molecule has 88 valence electrons. The molecule has 1 heterocycles. The Morgan fingerprint density at radius 2 is 2.47 bits per heavy atom. The molecule has 0 saturated carbocycles. The van der Waals surface area contributed by atoms with Gasteiger partial charge in [-0.3, -0.25) is 15.1 Å². The van der Waals surface area contributed by atoms with Crippen LogP contribution in [0.25, 0.3) is 0 Å². The van der Waals surface area contributed by atoms with Crippen LogP contribution in [-0.4, -0.2) is 40.9 Å². The minimum atomic E-state index is -0.0454. The molecule has 1 amide bonds. The van der Waals surface area contributed by atoms with E-state index in [9.17, 15) is 4.79 Å². The summed E-state index contributed by atoms with van der Waals surface area (Å²) in [5.74, 6) is 6.28. The lowest BCUT2D eigenvalue weighted by Gasteiger charge is -2.35. The molecule has 1 rings (SSSR count). The molecule has 15 heavy (non-hydrogen) atoms. The van der Waals surface area contributed by atoms with E-state index in [-0.39, 0.29) is 11.9 Å². The number of nitrogens with one attached hydrogen (secondary N) is 1. The highest BCUT2D eigenvalue weighted by molar-refractivity contribution is 7.99. The second kappa shape index (κ2) is 6.35. The summed E-state index contributed by atoms with van der Waals surface area (Å²) in [6.45, 7) is 6.29. The van der Waals surface area contributed by atoms with Crippen LogP contribution < -0.4 is 11.3 Å². The van der Waals surface area contributed by atoms with E-state index in [0.717, 1.165) is 31.7 Å². The molecule has 0 aromatic carbocycles. The number of hydrazine groups is 1. The molecule has 0 radical (unpaired) electrons. The number of hydrogen-bond donors (Lipinski definition) is 2. The van der Waals surface area contributed by atoms with Crippen molar-refractivity contribution in [3.05, 3.63) is 0 Å². The Labute approximate surface area is 95.9 Å². The minimum absolute atomic E-state index is 0.0386. The topological polar surface area (TPSA) is 58.4 Å². The maximum Gasteiger partial charge on any atom is 0.251 e. The lowest BCUT2D eigenvalue weighted by molar-refractivity contribution is -0.126. The summed E-state index contributed by atoms with van der Waals surface area (Å²) in [6.07, 6.45) is 1.90. The molecule has 1 saturated heterocycles. The SMILES string of the molecule is CCCC(C(=O)NN)N1CCSC(C)C1. The van der Waals surface area contributed by atoms with E-state index in [1.807, 2.05) is 11.8 Å². The fourth-order valence-electron chi connectivity index (χ4n) is 1.98. The molecule has 1 fully saturated rings. The van der Waals surface area contributed by atoms with Gasteiger partial charge in [0, 0.05) is 24.1 Å². The highest BCUT2D eigenvalue weighted by Crippen LogP contribution is 2.21. The van der Waals surface area contributed by atoms with Crippen LogP contribution in [0.1, 0.15) is 26.7 Å². The molecule has 0 aliphatic carbocycles. The van der Waals surface area contributed by atoms with Gasteiger partial charge in [0.15, 0.2) is 0 Å². The van der Waals surface area contributed by atoms with Gasteiger partial charge < -0.3 is 0 Å². The molecule has 1 aliphatic heterocycles. The van der Waals surface area contributed by atoms with E-state index in [0.29, 0.717) is 5.25 Å². The summed E-state index contributed by atoms with van der Waals surface area (Å²) >= 11 is 1.97. The van der Waals surface area contributed by atoms with E-state index in [2.05, 4.69) is 24.2 Å². The van der Waals surface area contributed by atoms with Gasteiger partial charge in [0.05, 0.1) is 6.04 Å². The molecule has 1 aliphatic rings. The predicted molar refractivity (Wildman–Crippen MR) is 64.5 cm³/mol. The zero-order valence-electron chi connectivity index (χ0n) is 9.53. The first-order valence-electron chi connectivity index (χ1n) is 5.55. The van der Waals surface area contributed by atoms with Gasteiger partial charge in [0.2, 0.25) is 0 Å². The fraction of sp³-hybridized carbons (Fsp3) is 0.900. The summed E-state index contributed by atoms with van der Waals surface area (Å²) in [7, 11) is 0. The van der Waals surface area contributed by atoms with Crippen molar-refractivity contribution in [3.8, 4) is 0 Å². The monoisotopic (exact) mass is 231 g/mol. The van der Waals surface area contributed by atoms with Crippen LogP contribution in [-0.2, 0) is 4.79 Å². The number of nitrogens with two attached hydrogens (primary N) is 1. The highest BCUT2D eigenvalue weighted by atomic mass is 32.2. The van der Waals surface area contributed by atoms with Crippen LogP contribution >= 0.6 is 11.8 Å². The van der Waals surface area contributed by atoms with Crippen molar-refractivity contribution in [1.29, 1.82) is 0 Å². The van der Waals surface area contributed by atoms with Gasteiger partial charge in [-0.25, -0.2) is 5.84 Å². The van der Waals surface area contributed by atoms with Crippen molar-refractivity contribution in [1.82, 2.24) is 10.3 Å². The normalized spacial score (nSPS) is 24.9. The lowest BCUT2D eigenvalue weighted by Crippen LogP contribution is -2.52. The van der Waals surface area contributed by atoms with Crippen molar-refractivity contribution < 1.29 is 4.79 Å². The van der Waals surface area contributed by atoms with Crippen molar-refractivity contribution >= 4 is 17.7 Å². The second-order valence-electron chi connectivity index (χ2n) is 3.99. The van der Waals surface area contributed by atoms with E-state index >= 15 is 0 Å². The largest absolute Gasteiger partial charge is 0.293 e. The number of rotatable bonds is 4. The van der Waals surface area contributed by atoms with Crippen molar-refractivity contribution in [2.24, 2.45) is 5.84 Å². The first kappa shape index (κ1) is 12.8. The van der Waals surface area contributed by atoms with Gasteiger partial charge in [-0.15, -0.1) is 0 Å². The third-order valence-electron chi connectivity index (χ3n) is 2.72. The summed E-state index contributed by atoms with van der Waals surface area (Å²) in [4.78, 5) is 13.9. The van der Waals surface area contributed by atoms with Crippen molar-refractivity contribution in [2.75, 3.05) is 18.8 Å². The summed E-state index contributed by atoms with van der Waals surface area (Å²) in [5.41, 5.74) is 2.27. The van der Waals surface area contributed by atoms with Crippen molar-refractivity contribution in [3.63, 3.8) is 0 Å². The van der Waals surface area contributed by atoms with Crippen molar-refractivity contribution in [2.45, 2.75) is 38.0 Å². The molecule has 0 aromatic heterocycles. The molecular formula is C10H21N3OS. The zero-order valence-corrected chi connectivity index (χ0v) is 10.3. The molecule has 0 aromatic rings. The van der Waals surface area contributed by atoms with Crippen LogP contribution in [0, 0.1) is 0 Å². The lowest BCUT2D eigenvalue weighted by atomic mass is 10.1. The first-order valence-corrected chi connectivity index (χ1v) is 6.60. The Kier molecular flexibility index (Phi) is 5.42. The smallest absolute Gasteiger partial charge is 0.251 e. The van der Waals surface area contributed by atoms with Gasteiger partial charge in [0.1, 0.15) is 0 Å². The van der Waals surface area contributed by atoms with Gasteiger partial charge in [-0.2, -0.15) is 11.8 Å². The van der Waals surface area contributed by atoms with Gasteiger partial charge in [-0.1, -0.05) is 20.3 Å². The summed E-state index contributed by atoms with van der Waals surface area (Å²) in [5, 5.41) is 0.615. The van der Waals surface area contributed by atoms with E-state index in [4.69, 9.17) is 5.84 Å². The van der Waals surface area contributed by atoms with E-state index < -0.39 is 0 Å². The number of nitrogens with zero attached hydrogens (tertiary/aromatic N) is 1. The predicted octanol–water partition coefficient (Wildman–Crippen LogP) is 0.582. The zero-order chi connectivity index (χ0) is 11.3. The van der Waals surface area contributed by atoms with Crippen LogP contribution in [0.15, 0.2) is 0 Å². The molecule has 5 heteroatoms. The molecule has 2 unspecified atom stereocenters. The minimum Gasteiger partial charge on any atom is -0.293 e. The van der Waals surface area contributed by atoms with Gasteiger partial charge in [0.25, 0.3) is 5.91 Å². The van der Waals surface area contributed by atoms with Crippen LogP contribution in [0.4, 0.5) is 0 Å². The molecule has 4 nitrogen and oxygen atoms in total. The maximum absolute atomic E-state index is 11.6. The highest BCUT2D eigenvalue weighted by Gasteiger charge is 2.28. The van der Waals surface area contributed by atoms with Crippen LogP contribution in [0.2, 0.25) is 0 Å². The summed E-state index contributed by atoms with van der Waals surface area (Å²) in [6, 6.07) is -0.0386. The average Bonchev–Trinajstić information content (AvgIpc) is 2.25. The Hall–Kier alpha value is -0.260. The number of carbonyl (C=O) groups is 1. The van der Waals surface area contributed by atoms with Crippen LogP contribution in [0.5, 0.6) is 0 Å². The molecular weight excluding hydrogens is 210 g/mol. The van der Waals surface area contributed by atoms with Gasteiger partial charge in [-0.05, 0) is 6.42 Å². The Bertz CT molecular complexity index is 213. The number of amides is 1. The van der Waals surface area contributed by atoms with E-state index in [1.54, 1.807) is 0 Å².